The van der Waals surface area contributed by atoms with Crippen LogP contribution in [-0.2, 0) is 0 Å². The van der Waals surface area contributed by atoms with Gasteiger partial charge in [-0.05, 0) is 53.6 Å². The van der Waals surface area contributed by atoms with Crippen molar-refractivity contribution in [2.45, 2.75) is 0 Å². The fraction of sp³-hybridized carbons (Fsp3) is 0. The third-order valence-electron chi connectivity index (χ3n) is 7.99. The minimum Gasteiger partial charge on any atom is -0.456 e. The van der Waals surface area contributed by atoms with Crippen LogP contribution in [0.2, 0.25) is 0 Å². The van der Waals surface area contributed by atoms with Crippen LogP contribution in [-0.4, -0.2) is 0 Å². The lowest BCUT2D eigenvalue weighted by atomic mass is 9.86. The summed E-state index contributed by atoms with van der Waals surface area (Å²) in [6.07, 6.45) is 0. The molecular weight excluding hydrogens is 516 g/mol. The first-order valence-electron chi connectivity index (χ1n) is 13.6. The molecule has 0 aliphatic carbocycles. The van der Waals surface area contributed by atoms with Crippen LogP contribution in [0.4, 0.5) is 0 Å². The number of nitrogens with zero attached hydrogens (tertiary/aromatic N) is 2. The van der Waals surface area contributed by atoms with Crippen LogP contribution in [0.1, 0.15) is 11.1 Å². The lowest BCUT2D eigenvalue weighted by Crippen LogP contribution is -1.95. The summed E-state index contributed by atoms with van der Waals surface area (Å²) in [6, 6.07) is 44.4. The first-order chi connectivity index (χ1) is 20.7. The van der Waals surface area contributed by atoms with E-state index in [9.17, 15) is 10.5 Å². The summed E-state index contributed by atoms with van der Waals surface area (Å²) >= 11 is 0. The molecule has 4 nitrogen and oxygen atoms in total. The zero-order valence-electron chi connectivity index (χ0n) is 22.3. The minimum atomic E-state index is 0.505. The second kappa shape index (κ2) is 9.24. The maximum Gasteiger partial charge on any atom is 0.143 e. The Bertz CT molecular complexity index is 2450. The summed E-state index contributed by atoms with van der Waals surface area (Å²) in [6.45, 7) is 0. The topological polar surface area (TPSA) is 73.9 Å². The van der Waals surface area contributed by atoms with E-state index in [-0.39, 0.29) is 0 Å². The van der Waals surface area contributed by atoms with Gasteiger partial charge >= 0.3 is 0 Å². The standard InChI is InChI=1S/C38H20N2O2/c39-21-24-8-1-2-9-26(24)32-20-25(27-12-7-13-30-28-10-3-6-15-36(28)42-38(27)30)19-31(34(32)22-40)23-16-17-37-33(18-23)29-11-4-5-14-35(29)41-37/h1-20H. The van der Waals surface area contributed by atoms with E-state index in [1.165, 1.54) is 0 Å². The predicted molar refractivity (Wildman–Crippen MR) is 167 cm³/mol. The third kappa shape index (κ3) is 3.53. The molecule has 6 aromatic carbocycles. The summed E-state index contributed by atoms with van der Waals surface area (Å²) in [5.74, 6) is 0. The van der Waals surface area contributed by atoms with Crippen molar-refractivity contribution in [3.63, 3.8) is 0 Å². The lowest BCUT2D eigenvalue weighted by Gasteiger charge is -2.15. The second-order valence-corrected chi connectivity index (χ2v) is 10.3. The van der Waals surface area contributed by atoms with Crippen LogP contribution >= 0.6 is 0 Å². The highest BCUT2D eigenvalue weighted by atomic mass is 16.3. The van der Waals surface area contributed by atoms with Crippen LogP contribution in [0.15, 0.2) is 130 Å². The predicted octanol–water partition coefficient (Wildman–Crippen LogP) is 10.2. The number of para-hydroxylation sites is 3. The molecule has 194 valence electrons. The van der Waals surface area contributed by atoms with E-state index in [0.717, 1.165) is 66.1 Å². The van der Waals surface area contributed by atoms with Gasteiger partial charge in [0.2, 0.25) is 0 Å². The number of hydrogen-bond acceptors (Lipinski definition) is 4. The molecule has 42 heavy (non-hydrogen) atoms. The molecule has 0 aliphatic heterocycles. The molecule has 0 atom stereocenters. The highest BCUT2D eigenvalue weighted by Gasteiger charge is 2.20. The summed E-state index contributed by atoms with van der Waals surface area (Å²) < 4.78 is 12.5. The van der Waals surface area contributed by atoms with Gasteiger partial charge in [0, 0.05) is 43.8 Å². The fourth-order valence-electron chi connectivity index (χ4n) is 6.04. The van der Waals surface area contributed by atoms with Gasteiger partial charge in [-0.2, -0.15) is 10.5 Å². The van der Waals surface area contributed by atoms with Gasteiger partial charge in [-0.15, -0.1) is 0 Å². The molecule has 2 heterocycles. The van der Waals surface area contributed by atoms with Crippen molar-refractivity contribution in [3.8, 4) is 45.5 Å². The molecule has 0 radical (unpaired) electrons. The Hall–Kier alpha value is -6.10. The quantitative estimate of drug-likeness (QED) is 0.225. The van der Waals surface area contributed by atoms with Crippen molar-refractivity contribution in [1.29, 1.82) is 10.5 Å². The molecular formula is C38H20N2O2. The molecule has 0 saturated carbocycles. The molecule has 2 aromatic heterocycles. The third-order valence-corrected chi connectivity index (χ3v) is 7.99. The highest BCUT2D eigenvalue weighted by molar-refractivity contribution is 6.10. The molecule has 0 saturated heterocycles. The summed E-state index contributed by atoms with van der Waals surface area (Å²) in [7, 11) is 0. The Morgan fingerprint density at radius 1 is 0.429 bits per heavy atom. The molecule has 0 spiro atoms. The maximum absolute atomic E-state index is 10.6. The first-order valence-corrected chi connectivity index (χ1v) is 13.6. The zero-order valence-corrected chi connectivity index (χ0v) is 22.3. The number of furan rings is 2. The van der Waals surface area contributed by atoms with Crippen LogP contribution in [0.3, 0.4) is 0 Å². The van der Waals surface area contributed by atoms with E-state index in [1.807, 2.05) is 91.0 Å². The van der Waals surface area contributed by atoms with E-state index in [1.54, 1.807) is 6.07 Å². The summed E-state index contributed by atoms with van der Waals surface area (Å²) in [5, 5.41) is 24.6. The van der Waals surface area contributed by atoms with Crippen LogP contribution in [0.25, 0.3) is 77.3 Å². The molecule has 8 aromatic rings. The Labute approximate surface area is 240 Å². The number of hydrogen-bond donors (Lipinski definition) is 0. The van der Waals surface area contributed by atoms with Crippen LogP contribution in [0.5, 0.6) is 0 Å². The first kappa shape index (κ1) is 23.8. The second-order valence-electron chi connectivity index (χ2n) is 10.3. The molecule has 0 fully saturated rings. The molecule has 0 bridgehead atoms. The largest absolute Gasteiger partial charge is 0.456 e. The molecule has 8 rings (SSSR count). The monoisotopic (exact) mass is 536 g/mol. The SMILES string of the molecule is N#Cc1ccccc1-c1cc(-c2cccc3c2oc2ccccc23)cc(-c2ccc3oc4ccccc4c3c2)c1C#N. The Kier molecular flexibility index (Phi) is 5.22. The average molecular weight is 537 g/mol. The molecule has 0 N–H and O–H groups in total. The van der Waals surface area contributed by atoms with Gasteiger partial charge in [-0.1, -0.05) is 78.9 Å². The van der Waals surface area contributed by atoms with E-state index >= 15 is 0 Å². The van der Waals surface area contributed by atoms with Crippen LogP contribution in [0, 0.1) is 22.7 Å². The molecule has 0 amide bonds. The Morgan fingerprint density at radius 3 is 1.88 bits per heavy atom. The average Bonchev–Trinajstić information content (AvgIpc) is 3.62. The van der Waals surface area contributed by atoms with Crippen molar-refractivity contribution in [1.82, 2.24) is 0 Å². The molecule has 0 unspecified atom stereocenters. The summed E-state index contributed by atoms with van der Waals surface area (Å²) in [5.41, 5.74) is 9.12. The van der Waals surface area contributed by atoms with Crippen molar-refractivity contribution in [2.24, 2.45) is 0 Å². The smallest absolute Gasteiger partial charge is 0.143 e. The molecule has 4 heteroatoms. The Morgan fingerprint density at radius 2 is 1.07 bits per heavy atom. The van der Waals surface area contributed by atoms with E-state index < -0.39 is 0 Å². The van der Waals surface area contributed by atoms with Crippen molar-refractivity contribution in [3.05, 3.63) is 132 Å². The Balaban J connectivity index is 1.46. The van der Waals surface area contributed by atoms with Gasteiger partial charge in [0.15, 0.2) is 0 Å². The van der Waals surface area contributed by atoms with Gasteiger partial charge in [0.1, 0.15) is 28.4 Å². The number of benzene rings is 6. The maximum atomic E-state index is 10.6. The normalized spacial score (nSPS) is 11.3. The van der Waals surface area contributed by atoms with Gasteiger partial charge in [-0.25, -0.2) is 0 Å². The highest BCUT2D eigenvalue weighted by Crippen LogP contribution is 2.42. The number of fused-ring (bicyclic) bond motifs is 6. The van der Waals surface area contributed by atoms with Gasteiger partial charge in [-0.3, -0.25) is 0 Å². The van der Waals surface area contributed by atoms with E-state index in [4.69, 9.17) is 8.83 Å². The van der Waals surface area contributed by atoms with Crippen LogP contribution < -0.4 is 0 Å². The van der Waals surface area contributed by atoms with Crippen molar-refractivity contribution >= 4 is 43.9 Å². The van der Waals surface area contributed by atoms with Gasteiger partial charge < -0.3 is 8.83 Å². The summed E-state index contributed by atoms with van der Waals surface area (Å²) in [4.78, 5) is 0. The van der Waals surface area contributed by atoms with Gasteiger partial charge in [0.25, 0.3) is 0 Å². The zero-order chi connectivity index (χ0) is 28.2. The minimum absolute atomic E-state index is 0.505. The van der Waals surface area contributed by atoms with E-state index in [0.29, 0.717) is 22.3 Å². The van der Waals surface area contributed by atoms with E-state index in [2.05, 4.69) is 36.4 Å². The van der Waals surface area contributed by atoms with Gasteiger partial charge in [0.05, 0.1) is 17.2 Å². The lowest BCUT2D eigenvalue weighted by molar-refractivity contribution is 0.669. The van der Waals surface area contributed by atoms with Crippen molar-refractivity contribution < 1.29 is 8.83 Å². The van der Waals surface area contributed by atoms with Crippen molar-refractivity contribution in [2.75, 3.05) is 0 Å². The number of rotatable bonds is 3. The fourth-order valence-corrected chi connectivity index (χ4v) is 6.04. The number of nitriles is 2. The molecule has 0 aliphatic rings.